The molecule has 2 aromatic carbocycles. The van der Waals surface area contributed by atoms with Crippen LogP contribution >= 0.6 is 0 Å². The molecule has 1 saturated heterocycles. The maximum atomic E-state index is 7.31. The van der Waals surface area contributed by atoms with E-state index in [1.165, 1.54) is 0 Å². The lowest BCUT2D eigenvalue weighted by molar-refractivity contribution is 0.122. The standard InChI is InChI=1S/C25H22N6O/c1-26-22-10-6-5-9-20(22)17-27-18-21-15-25(30-11-13-32-14-12-30)31-24(28-21)16-23(29-31)19-7-3-2-4-8-19/h2-10,15-17H,11-14,18H2. The molecule has 2 aromatic heterocycles. The SMILES string of the molecule is [C-]#[N+]c1ccccc1C=NCc1cc(N2CCOCC2)n2nc(-c3ccccc3)cc2n1. The third-order valence-corrected chi connectivity index (χ3v) is 5.41. The van der Waals surface area contributed by atoms with Crippen molar-refractivity contribution >= 4 is 23.4 Å². The van der Waals surface area contributed by atoms with Crippen molar-refractivity contribution in [3.05, 3.63) is 89.4 Å². The van der Waals surface area contributed by atoms with Gasteiger partial charge in [-0.2, -0.15) is 9.61 Å². The molecule has 7 heteroatoms. The van der Waals surface area contributed by atoms with Gasteiger partial charge in [-0.3, -0.25) is 4.99 Å². The molecule has 158 valence electrons. The fourth-order valence-corrected chi connectivity index (χ4v) is 3.79. The Labute approximate surface area is 186 Å². The summed E-state index contributed by atoms with van der Waals surface area (Å²) in [5, 5.41) is 4.85. The number of benzene rings is 2. The van der Waals surface area contributed by atoms with Crippen LogP contribution in [0.25, 0.3) is 21.7 Å². The number of hydrogen-bond acceptors (Lipinski definition) is 5. The molecule has 4 aromatic rings. The van der Waals surface area contributed by atoms with Gasteiger partial charge >= 0.3 is 0 Å². The first-order valence-corrected chi connectivity index (χ1v) is 10.6. The Morgan fingerprint density at radius 3 is 2.62 bits per heavy atom. The van der Waals surface area contributed by atoms with Crippen LogP contribution in [0.3, 0.4) is 0 Å². The summed E-state index contributed by atoms with van der Waals surface area (Å²) in [7, 11) is 0. The quantitative estimate of drug-likeness (QED) is 0.353. The molecule has 1 aliphatic heterocycles. The Morgan fingerprint density at radius 1 is 1.03 bits per heavy atom. The van der Waals surface area contributed by atoms with Gasteiger partial charge in [-0.05, 0) is 5.56 Å². The number of para-hydroxylation sites is 1. The summed E-state index contributed by atoms with van der Waals surface area (Å²) in [6, 6.07) is 21.7. The predicted octanol–water partition coefficient (Wildman–Crippen LogP) is 4.40. The lowest BCUT2D eigenvalue weighted by Gasteiger charge is -2.29. The highest BCUT2D eigenvalue weighted by atomic mass is 16.5. The van der Waals surface area contributed by atoms with E-state index in [-0.39, 0.29) is 0 Å². The van der Waals surface area contributed by atoms with Crippen LogP contribution in [0, 0.1) is 6.57 Å². The molecule has 0 aliphatic carbocycles. The molecule has 32 heavy (non-hydrogen) atoms. The van der Waals surface area contributed by atoms with Gasteiger partial charge in [0.1, 0.15) is 5.82 Å². The summed E-state index contributed by atoms with van der Waals surface area (Å²) in [5.41, 5.74) is 5.00. The second-order valence-corrected chi connectivity index (χ2v) is 7.51. The van der Waals surface area contributed by atoms with E-state index in [1.807, 2.05) is 47.0 Å². The van der Waals surface area contributed by atoms with Crippen LogP contribution in [-0.2, 0) is 11.3 Å². The minimum atomic E-state index is 0.423. The van der Waals surface area contributed by atoms with Crippen molar-refractivity contribution in [1.82, 2.24) is 14.6 Å². The highest BCUT2D eigenvalue weighted by Gasteiger charge is 2.18. The average Bonchev–Trinajstić information content (AvgIpc) is 3.29. The topological polar surface area (TPSA) is 59.4 Å². The first kappa shape index (κ1) is 19.9. The molecule has 1 aliphatic rings. The van der Waals surface area contributed by atoms with Gasteiger partial charge in [0, 0.05) is 37.0 Å². The van der Waals surface area contributed by atoms with Gasteiger partial charge in [0.15, 0.2) is 11.3 Å². The third kappa shape index (κ3) is 4.09. The summed E-state index contributed by atoms with van der Waals surface area (Å²) >= 11 is 0. The van der Waals surface area contributed by atoms with Gasteiger partial charge in [-0.1, -0.05) is 54.6 Å². The monoisotopic (exact) mass is 422 g/mol. The van der Waals surface area contributed by atoms with Gasteiger partial charge in [0.05, 0.1) is 37.7 Å². The van der Waals surface area contributed by atoms with Crippen molar-refractivity contribution in [2.24, 2.45) is 4.99 Å². The fraction of sp³-hybridized carbons (Fsp3) is 0.200. The summed E-state index contributed by atoms with van der Waals surface area (Å²) in [4.78, 5) is 15.2. The van der Waals surface area contributed by atoms with Gasteiger partial charge in [0.2, 0.25) is 0 Å². The number of ether oxygens (including phenoxy) is 1. The Kier molecular flexibility index (Phi) is 5.60. The van der Waals surface area contributed by atoms with Crippen molar-refractivity contribution in [3.63, 3.8) is 0 Å². The van der Waals surface area contributed by atoms with Gasteiger partial charge in [-0.25, -0.2) is 9.83 Å². The molecule has 0 bridgehead atoms. The van der Waals surface area contributed by atoms with Gasteiger partial charge in [0.25, 0.3) is 0 Å². The van der Waals surface area contributed by atoms with E-state index in [0.29, 0.717) is 25.4 Å². The van der Waals surface area contributed by atoms with Crippen LogP contribution in [-0.4, -0.2) is 47.1 Å². The van der Waals surface area contributed by atoms with Crippen LogP contribution in [0.15, 0.2) is 71.7 Å². The van der Waals surface area contributed by atoms with Crippen LogP contribution < -0.4 is 4.90 Å². The maximum Gasteiger partial charge on any atom is 0.195 e. The van der Waals surface area contributed by atoms with Crippen LogP contribution in [0.4, 0.5) is 11.5 Å². The highest BCUT2D eigenvalue weighted by molar-refractivity contribution is 5.87. The highest BCUT2D eigenvalue weighted by Crippen LogP contribution is 2.24. The summed E-state index contributed by atoms with van der Waals surface area (Å²) in [6.07, 6.45) is 1.75. The summed E-state index contributed by atoms with van der Waals surface area (Å²) < 4.78 is 7.45. The molecule has 0 atom stereocenters. The number of nitrogens with zero attached hydrogens (tertiary/aromatic N) is 6. The number of anilines is 1. The number of aromatic nitrogens is 3. The van der Waals surface area contributed by atoms with Crippen molar-refractivity contribution < 1.29 is 4.74 Å². The largest absolute Gasteiger partial charge is 0.378 e. The number of morpholine rings is 1. The molecule has 5 rings (SSSR count). The van der Waals surface area contributed by atoms with E-state index >= 15 is 0 Å². The third-order valence-electron chi connectivity index (χ3n) is 5.41. The van der Waals surface area contributed by atoms with E-state index in [9.17, 15) is 0 Å². The van der Waals surface area contributed by atoms with Crippen molar-refractivity contribution in [1.29, 1.82) is 0 Å². The average molecular weight is 422 g/mol. The molecule has 0 amide bonds. The Bertz CT molecular complexity index is 1300. The van der Waals surface area contributed by atoms with Crippen LogP contribution in [0.2, 0.25) is 0 Å². The van der Waals surface area contributed by atoms with E-state index < -0.39 is 0 Å². The van der Waals surface area contributed by atoms with Crippen molar-refractivity contribution in [2.45, 2.75) is 6.54 Å². The van der Waals surface area contributed by atoms with Crippen molar-refractivity contribution in [3.8, 4) is 11.3 Å². The predicted molar refractivity (Wildman–Crippen MR) is 125 cm³/mol. The molecule has 0 radical (unpaired) electrons. The maximum absolute atomic E-state index is 7.31. The molecule has 0 spiro atoms. The lowest BCUT2D eigenvalue weighted by Crippen LogP contribution is -2.37. The smallest absolute Gasteiger partial charge is 0.195 e. The lowest BCUT2D eigenvalue weighted by atomic mass is 10.2. The molecular weight excluding hydrogens is 400 g/mol. The zero-order valence-electron chi connectivity index (χ0n) is 17.6. The zero-order valence-corrected chi connectivity index (χ0v) is 17.6. The second-order valence-electron chi connectivity index (χ2n) is 7.51. The second kappa shape index (κ2) is 9.00. The molecular formula is C25H22N6O. The van der Waals surface area contributed by atoms with Gasteiger partial charge < -0.3 is 9.64 Å². The minimum absolute atomic E-state index is 0.423. The first-order valence-electron chi connectivity index (χ1n) is 10.6. The molecule has 3 heterocycles. The molecule has 0 unspecified atom stereocenters. The normalized spacial score (nSPS) is 14.2. The number of aliphatic imine (C=N–C) groups is 1. The fourth-order valence-electron chi connectivity index (χ4n) is 3.79. The number of rotatable bonds is 5. The van der Waals surface area contributed by atoms with E-state index in [4.69, 9.17) is 21.4 Å². The van der Waals surface area contributed by atoms with Crippen LogP contribution in [0.5, 0.6) is 0 Å². The summed E-state index contributed by atoms with van der Waals surface area (Å²) in [5.74, 6) is 0.993. The Hall–Kier alpha value is -4.02. The minimum Gasteiger partial charge on any atom is -0.378 e. The first-order chi connectivity index (χ1) is 15.8. The van der Waals surface area contributed by atoms with E-state index in [0.717, 1.165) is 47.1 Å². The van der Waals surface area contributed by atoms with E-state index in [1.54, 1.807) is 12.3 Å². The van der Waals surface area contributed by atoms with Crippen molar-refractivity contribution in [2.75, 3.05) is 31.2 Å². The van der Waals surface area contributed by atoms with Crippen LogP contribution in [0.1, 0.15) is 11.3 Å². The number of hydrogen-bond donors (Lipinski definition) is 0. The van der Waals surface area contributed by atoms with E-state index in [2.05, 4.69) is 32.9 Å². The summed E-state index contributed by atoms with van der Waals surface area (Å²) in [6.45, 7) is 10.7. The Morgan fingerprint density at radius 2 is 1.81 bits per heavy atom. The molecule has 0 N–H and O–H groups in total. The Balaban J connectivity index is 1.51. The molecule has 1 fully saturated rings. The van der Waals surface area contributed by atoms with Gasteiger partial charge in [-0.15, -0.1) is 0 Å². The molecule has 7 nitrogen and oxygen atoms in total. The molecule has 0 saturated carbocycles. The number of fused-ring (bicyclic) bond motifs is 1. The zero-order chi connectivity index (χ0) is 21.8.